The van der Waals surface area contributed by atoms with Crippen molar-refractivity contribution in [3.63, 3.8) is 0 Å². The highest BCUT2D eigenvalue weighted by Gasteiger charge is 2.37. The number of alkyl halides is 3. The second-order valence-electron chi connectivity index (χ2n) is 8.80. The van der Waals surface area contributed by atoms with Gasteiger partial charge in [-0.2, -0.15) is 17.5 Å². The van der Waals surface area contributed by atoms with Crippen molar-refractivity contribution in [2.75, 3.05) is 33.4 Å². The molecule has 1 atom stereocenters. The van der Waals surface area contributed by atoms with Crippen LogP contribution in [-0.4, -0.2) is 56.9 Å². The van der Waals surface area contributed by atoms with E-state index in [2.05, 4.69) is 0 Å². The summed E-state index contributed by atoms with van der Waals surface area (Å²) < 4.78 is 72.8. The summed E-state index contributed by atoms with van der Waals surface area (Å²) in [5.74, 6) is -0.449. The Hall–Kier alpha value is -2.44. The van der Waals surface area contributed by atoms with E-state index in [0.717, 1.165) is 38.5 Å². The Bertz CT molecular complexity index is 1380. The molecule has 1 amide bonds. The van der Waals surface area contributed by atoms with Crippen LogP contribution in [0.4, 0.5) is 13.2 Å². The van der Waals surface area contributed by atoms with Gasteiger partial charge in [-0.05, 0) is 65.7 Å². The van der Waals surface area contributed by atoms with Gasteiger partial charge in [0.05, 0.1) is 23.0 Å². The Morgan fingerprint density at radius 1 is 1.18 bits per heavy atom. The first-order chi connectivity index (χ1) is 18.0. The second-order valence-corrected chi connectivity index (χ2v) is 12.2. The van der Waals surface area contributed by atoms with Gasteiger partial charge < -0.3 is 9.64 Å². The molecule has 0 bridgehead atoms. The number of benzene rings is 2. The molecule has 1 aliphatic heterocycles. The van der Waals surface area contributed by atoms with E-state index in [1.54, 1.807) is 28.4 Å². The van der Waals surface area contributed by atoms with Crippen molar-refractivity contribution in [2.45, 2.75) is 30.0 Å². The summed E-state index contributed by atoms with van der Waals surface area (Å²) in [6.07, 6.45) is -3.83. The highest BCUT2D eigenvalue weighted by Crippen LogP contribution is 2.38. The lowest BCUT2D eigenvalue weighted by Gasteiger charge is -2.37. The Balaban J connectivity index is 1.66. The monoisotopic (exact) mass is 586 g/mol. The summed E-state index contributed by atoms with van der Waals surface area (Å²) in [7, 11) is -2.96. The number of sulfonamides is 1. The van der Waals surface area contributed by atoms with Crippen molar-refractivity contribution < 1.29 is 31.1 Å². The van der Waals surface area contributed by atoms with E-state index in [-0.39, 0.29) is 19.6 Å². The number of methoxy groups -OCH3 is 1. The minimum absolute atomic E-state index is 0.0959. The van der Waals surface area contributed by atoms with Crippen LogP contribution in [0.2, 0.25) is 5.02 Å². The smallest absolute Gasteiger partial charge is 0.385 e. The third-order valence-electron chi connectivity index (χ3n) is 6.34. The van der Waals surface area contributed by atoms with Crippen LogP contribution in [-0.2, 0) is 32.2 Å². The highest BCUT2D eigenvalue weighted by atomic mass is 35.5. The first-order valence-electron chi connectivity index (χ1n) is 11.8. The Labute approximate surface area is 228 Å². The fourth-order valence-corrected chi connectivity index (χ4v) is 6.99. The minimum Gasteiger partial charge on any atom is -0.385 e. The number of halogens is 4. The molecular weight excluding hydrogens is 561 g/mol. The van der Waals surface area contributed by atoms with Crippen LogP contribution in [0.5, 0.6) is 0 Å². The van der Waals surface area contributed by atoms with Gasteiger partial charge in [0, 0.05) is 36.7 Å². The van der Waals surface area contributed by atoms with E-state index in [1.807, 2.05) is 23.6 Å². The van der Waals surface area contributed by atoms with Crippen molar-refractivity contribution in [1.82, 2.24) is 9.21 Å². The number of hydrogen-bond acceptors (Lipinski definition) is 5. The molecular formula is C26H26ClF3N2O4S2. The summed E-state index contributed by atoms with van der Waals surface area (Å²) >= 11 is 7.67. The van der Waals surface area contributed by atoms with Gasteiger partial charge in [0.2, 0.25) is 15.9 Å². The number of carbonyl (C=O) groups excluding carboxylic acids is 1. The molecule has 204 valence electrons. The van der Waals surface area contributed by atoms with E-state index < -0.39 is 45.2 Å². The van der Waals surface area contributed by atoms with Gasteiger partial charge in [0.25, 0.3) is 0 Å². The molecule has 0 fully saturated rings. The number of hydrogen-bond donors (Lipinski definition) is 0. The maximum absolute atomic E-state index is 13.7. The number of ether oxygens (including phenoxy) is 1. The van der Waals surface area contributed by atoms with Gasteiger partial charge in [-0.15, -0.1) is 11.3 Å². The number of nitrogens with zero attached hydrogens (tertiary/aromatic N) is 2. The van der Waals surface area contributed by atoms with Crippen LogP contribution in [0.1, 0.15) is 34.0 Å². The first kappa shape index (κ1) is 28.6. The fraction of sp³-hybridized carbons (Fsp3) is 0.346. The standard InChI is InChI=1S/C26H26ClF3N2O4S2/c1-36-14-3-12-31(38(34,35)21-5-2-4-19(16-21)26(28,29)30)17-24(33)32-13-10-23-22(11-15-37-23)25(32)18-6-8-20(27)9-7-18/h2,4-9,11,15-16,25H,3,10,12-14,17H2,1H3. The molecule has 0 saturated heterocycles. The van der Waals surface area contributed by atoms with Crippen LogP contribution >= 0.6 is 22.9 Å². The molecule has 0 N–H and O–H groups in total. The number of fused-ring (bicyclic) bond motifs is 1. The summed E-state index contributed by atoms with van der Waals surface area (Å²) in [6.45, 7) is -0.0273. The van der Waals surface area contributed by atoms with Gasteiger partial charge in [0.15, 0.2) is 0 Å². The molecule has 3 aromatic rings. The zero-order valence-corrected chi connectivity index (χ0v) is 22.8. The molecule has 38 heavy (non-hydrogen) atoms. The Morgan fingerprint density at radius 3 is 2.61 bits per heavy atom. The fourth-order valence-electron chi connectivity index (χ4n) is 4.48. The van der Waals surface area contributed by atoms with Crippen molar-refractivity contribution >= 4 is 38.9 Å². The zero-order chi connectivity index (χ0) is 27.5. The molecule has 0 saturated carbocycles. The van der Waals surface area contributed by atoms with E-state index in [1.165, 1.54) is 7.11 Å². The third kappa shape index (κ3) is 6.23. The highest BCUT2D eigenvalue weighted by molar-refractivity contribution is 7.89. The number of rotatable bonds is 9. The van der Waals surface area contributed by atoms with E-state index in [4.69, 9.17) is 16.3 Å². The normalized spacial score (nSPS) is 16.1. The maximum Gasteiger partial charge on any atom is 0.416 e. The van der Waals surface area contributed by atoms with Gasteiger partial charge in [-0.3, -0.25) is 4.79 Å². The summed E-state index contributed by atoms with van der Waals surface area (Å²) in [4.78, 5) is 16.0. The van der Waals surface area contributed by atoms with Gasteiger partial charge in [-0.1, -0.05) is 29.8 Å². The summed E-state index contributed by atoms with van der Waals surface area (Å²) in [6, 6.07) is 12.2. The van der Waals surface area contributed by atoms with E-state index in [0.29, 0.717) is 24.1 Å². The third-order valence-corrected chi connectivity index (χ3v) is 9.43. The number of amides is 1. The number of carbonyl (C=O) groups is 1. The Kier molecular flexibility index (Phi) is 8.83. The summed E-state index contributed by atoms with van der Waals surface area (Å²) in [5, 5.41) is 2.50. The topological polar surface area (TPSA) is 66.9 Å². The second kappa shape index (κ2) is 11.7. The lowest BCUT2D eigenvalue weighted by Crippen LogP contribution is -2.47. The molecule has 6 nitrogen and oxygen atoms in total. The quantitative estimate of drug-likeness (QED) is 0.305. The predicted octanol–water partition coefficient (Wildman–Crippen LogP) is 5.62. The van der Waals surface area contributed by atoms with Crippen molar-refractivity contribution in [3.05, 3.63) is 86.6 Å². The predicted molar refractivity (Wildman–Crippen MR) is 140 cm³/mol. The molecule has 0 aliphatic carbocycles. The molecule has 4 rings (SSSR count). The summed E-state index contributed by atoms with van der Waals surface area (Å²) in [5.41, 5.74) is 0.711. The minimum atomic E-state index is -4.71. The van der Waals surface area contributed by atoms with Gasteiger partial charge in [0.1, 0.15) is 0 Å². The Morgan fingerprint density at radius 2 is 1.92 bits per heavy atom. The molecule has 2 heterocycles. The molecule has 0 radical (unpaired) electrons. The van der Waals surface area contributed by atoms with Crippen LogP contribution in [0.3, 0.4) is 0 Å². The van der Waals surface area contributed by atoms with E-state index >= 15 is 0 Å². The molecule has 2 aromatic carbocycles. The van der Waals surface area contributed by atoms with Crippen LogP contribution in [0.15, 0.2) is 64.9 Å². The molecule has 1 aromatic heterocycles. The number of thiophene rings is 1. The lowest BCUT2D eigenvalue weighted by molar-refractivity contribution is -0.137. The van der Waals surface area contributed by atoms with Crippen LogP contribution < -0.4 is 0 Å². The molecule has 1 unspecified atom stereocenters. The SMILES string of the molecule is COCCCN(CC(=O)N1CCc2sccc2C1c1ccc(Cl)cc1)S(=O)(=O)c1cccc(C(F)(F)F)c1. The van der Waals surface area contributed by atoms with Gasteiger partial charge in [-0.25, -0.2) is 8.42 Å². The molecule has 0 spiro atoms. The average molecular weight is 587 g/mol. The molecule has 1 aliphatic rings. The van der Waals surface area contributed by atoms with Crippen molar-refractivity contribution in [1.29, 1.82) is 0 Å². The maximum atomic E-state index is 13.7. The van der Waals surface area contributed by atoms with E-state index in [9.17, 15) is 26.4 Å². The zero-order valence-electron chi connectivity index (χ0n) is 20.4. The average Bonchev–Trinajstić information content (AvgIpc) is 3.37. The largest absolute Gasteiger partial charge is 0.416 e. The van der Waals surface area contributed by atoms with Crippen molar-refractivity contribution in [3.8, 4) is 0 Å². The van der Waals surface area contributed by atoms with Crippen LogP contribution in [0.25, 0.3) is 0 Å². The molecule has 12 heteroatoms. The van der Waals surface area contributed by atoms with Gasteiger partial charge >= 0.3 is 6.18 Å². The lowest BCUT2D eigenvalue weighted by atomic mass is 9.93. The first-order valence-corrected chi connectivity index (χ1v) is 14.5. The van der Waals surface area contributed by atoms with Crippen molar-refractivity contribution in [2.24, 2.45) is 0 Å². The van der Waals surface area contributed by atoms with Crippen LogP contribution in [0, 0.1) is 0 Å².